The van der Waals surface area contributed by atoms with E-state index in [1.165, 1.54) is 24.1 Å². The Bertz CT molecular complexity index is 951. The van der Waals surface area contributed by atoms with Crippen molar-refractivity contribution in [1.29, 1.82) is 0 Å². The molecule has 3 rings (SSSR count). The van der Waals surface area contributed by atoms with Gasteiger partial charge in [0.2, 0.25) is 0 Å². The normalized spacial score (nSPS) is 11.1. The van der Waals surface area contributed by atoms with E-state index in [4.69, 9.17) is 4.42 Å². The molecule has 0 radical (unpaired) electrons. The zero-order chi connectivity index (χ0) is 19.1. The number of benzene rings is 2. The number of hydrogen-bond donors (Lipinski definition) is 2. The molecule has 0 spiro atoms. The maximum atomic E-state index is 12.8. The zero-order valence-electron chi connectivity index (χ0n) is 14.6. The van der Waals surface area contributed by atoms with Gasteiger partial charge in [-0.25, -0.2) is 0 Å². The highest BCUT2D eigenvalue weighted by Gasteiger charge is 2.16. The molecule has 3 aromatic rings. The Morgan fingerprint density at radius 2 is 1.70 bits per heavy atom. The molecule has 0 aliphatic carbocycles. The van der Waals surface area contributed by atoms with Crippen LogP contribution in [0.3, 0.4) is 0 Å². The van der Waals surface area contributed by atoms with E-state index in [2.05, 4.69) is 10.6 Å². The van der Waals surface area contributed by atoms with Gasteiger partial charge in [-0.15, -0.1) is 11.8 Å². The minimum Gasteiger partial charge on any atom is -0.465 e. The van der Waals surface area contributed by atoms with E-state index >= 15 is 0 Å². The van der Waals surface area contributed by atoms with Crippen LogP contribution in [0.25, 0.3) is 6.08 Å². The van der Waals surface area contributed by atoms with Crippen LogP contribution in [0.4, 0.5) is 5.69 Å². The lowest BCUT2D eigenvalue weighted by atomic mass is 10.2. The van der Waals surface area contributed by atoms with Crippen molar-refractivity contribution in [3.05, 3.63) is 90.0 Å². The number of para-hydroxylation sites is 1. The lowest BCUT2D eigenvalue weighted by Crippen LogP contribution is -2.30. The summed E-state index contributed by atoms with van der Waals surface area (Å²) in [5.74, 6) is -0.342. The highest BCUT2D eigenvalue weighted by atomic mass is 32.2. The second kappa shape index (κ2) is 8.91. The molecule has 0 aliphatic rings. The molecular weight excluding hydrogens is 360 g/mol. The van der Waals surface area contributed by atoms with Crippen LogP contribution in [0.15, 0.2) is 88.0 Å². The highest BCUT2D eigenvalue weighted by molar-refractivity contribution is 7.98. The third kappa shape index (κ3) is 4.89. The van der Waals surface area contributed by atoms with Crippen LogP contribution >= 0.6 is 11.8 Å². The molecule has 2 aromatic carbocycles. The molecule has 0 fully saturated rings. The van der Waals surface area contributed by atoms with Crippen molar-refractivity contribution in [3.63, 3.8) is 0 Å². The van der Waals surface area contributed by atoms with Crippen LogP contribution in [0, 0.1) is 0 Å². The molecule has 136 valence electrons. The first-order chi connectivity index (χ1) is 13.2. The van der Waals surface area contributed by atoms with E-state index in [1.807, 2.05) is 36.6 Å². The maximum absolute atomic E-state index is 12.8. The van der Waals surface area contributed by atoms with Gasteiger partial charge in [-0.3, -0.25) is 9.59 Å². The summed E-state index contributed by atoms with van der Waals surface area (Å²) in [5, 5.41) is 5.52. The Morgan fingerprint density at radius 3 is 2.41 bits per heavy atom. The van der Waals surface area contributed by atoms with Crippen LogP contribution in [0.2, 0.25) is 0 Å². The molecule has 5 nitrogen and oxygen atoms in total. The lowest BCUT2D eigenvalue weighted by molar-refractivity contribution is -0.113. The second-order valence-corrected chi connectivity index (χ2v) is 6.40. The smallest absolute Gasteiger partial charge is 0.272 e. The number of furan rings is 1. The third-order valence-electron chi connectivity index (χ3n) is 3.71. The van der Waals surface area contributed by atoms with Gasteiger partial charge >= 0.3 is 0 Å². The van der Waals surface area contributed by atoms with Crippen molar-refractivity contribution < 1.29 is 14.0 Å². The molecule has 0 unspecified atom stereocenters. The number of hydrogen-bond acceptors (Lipinski definition) is 4. The van der Waals surface area contributed by atoms with E-state index < -0.39 is 5.91 Å². The molecular formula is C21H18N2O3S. The summed E-state index contributed by atoms with van der Waals surface area (Å²) in [6.45, 7) is 0. The molecule has 1 heterocycles. The predicted molar refractivity (Wildman–Crippen MR) is 107 cm³/mol. The van der Waals surface area contributed by atoms with Crippen LogP contribution in [-0.2, 0) is 4.79 Å². The second-order valence-electron chi connectivity index (χ2n) is 5.55. The van der Waals surface area contributed by atoms with Gasteiger partial charge in [0.25, 0.3) is 11.8 Å². The Morgan fingerprint density at radius 1 is 0.963 bits per heavy atom. The predicted octanol–water partition coefficient (Wildman–Crippen LogP) is 4.41. The van der Waals surface area contributed by atoms with Gasteiger partial charge in [-0.1, -0.05) is 30.3 Å². The first kappa shape index (κ1) is 18.5. The fourth-order valence-corrected chi connectivity index (χ4v) is 2.95. The van der Waals surface area contributed by atoms with E-state index in [0.29, 0.717) is 17.0 Å². The summed E-state index contributed by atoms with van der Waals surface area (Å²) in [5.41, 5.74) is 1.23. The SMILES string of the molecule is CSc1ccccc1NC(=O)/C(=C/c1ccco1)NC(=O)c1ccccc1. The number of carbonyl (C=O) groups excluding carboxylic acids is 2. The molecule has 0 aliphatic heterocycles. The molecule has 27 heavy (non-hydrogen) atoms. The van der Waals surface area contributed by atoms with E-state index in [1.54, 1.807) is 36.4 Å². The number of anilines is 1. The van der Waals surface area contributed by atoms with Gasteiger partial charge in [0.1, 0.15) is 11.5 Å². The van der Waals surface area contributed by atoms with E-state index in [9.17, 15) is 9.59 Å². The standard InChI is InChI=1S/C21H18N2O3S/c1-27-19-12-6-5-11-17(19)22-21(25)18(14-16-10-7-13-26-16)23-20(24)15-8-3-2-4-9-15/h2-14H,1H3,(H,22,25)(H,23,24)/b18-14-. The lowest BCUT2D eigenvalue weighted by Gasteiger charge is -2.12. The molecule has 1 aromatic heterocycles. The van der Waals surface area contributed by atoms with Crippen molar-refractivity contribution >= 4 is 35.3 Å². The zero-order valence-corrected chi connectivity index (χ0v) is 15.5. The van der Waals surface area contributed by atoms with Crippen molar-refractivity contribution in [2.24, 2.45) is 0 Å². The Hall–Kier alpha value is -3.25. The van der Waals surface area contributed by atoms with Crippen LogP contribution < -0.4 is 10.6 Å². The van der Waals surface area contributed by atoms with Crippen molar-refractivity contribution in [3.8, 4) is 0 Å². The fraction of sp³-hybridized carbons (Fsp3) is 0.0476. The first-order valence-corrected chi connectivity index (χ1v) is 9.46. The molecule has 0 atom stereocenters. The van der Waals surface area contributed by atoms with Crippen LogP contribution in [0.1, 0.15) is 16.1 Å². The van der Waals surface area contributed by atoms with Gasteiger partial charge in [0.05, 0.1) is 12.0 Å². The number of amides is 2. The summed E-state index contributed by atoms with van der Waals surface area (Å²) >= 11 is 1.53. The van der Waals surface area contributed by atoms with E-state index in [-0.39, 0.29) is 11.6 Å². The molecule has 2 N–H and O–H groups in total. The molecule has 0 saturated carbocycles. The van der Waals surface area contributed by atoms with Crippen molar-refractivity contribution in [2.45, 2.75) is 4.90 Å². The molecule has 0 bridgehead atoms. The Balaban J connectivity index is 1.86. The monoisotopic (exact) mass is 378 g/mol. The number of carbonyl (C=O) groups is 2. The van der Waals surface area contributed by atoms with Gasteiger partial charge in [-0.2, -0.15) is 0 Å². The van der Waals surface area contributed by atoms with Gasteiger partial charge in [0.15, 0.2) is 0 Å². The summed E-state index contributed by atoms with van der Waals surface area (Å²) in [7, 11) is 0. The fourth-order valence-electron chi connectivity index (χ4n) is 2.40. The van der Waals surface area contributed by atoms with Gasteiger partial charge in [-0.05, 0) is 42.7 Å². The highest BCUT2D eigenvalue weighted by Crippen LogP contribution is 2.25. The summed E-state index contributed by atoms with van der Waals surface area (Å²) in [6.07, 6.45) is 4.93. The van der Waals surface area contributed by atoms with Gasteiger partial charge < -0.3 is 15.1 Å². The maximum Gasteiger partial charge on any atom is 0.272 e. The number of rotatable bonds is 6. The largest absolute Gasteiger partial charge is 0.465 e. The van der Waals surface area contributed by atoms with E-state index in [0.717, 1.165) is 4.90 Å². The number of thioether (sulfide) groups is 1. The van der Waals surface area contributed by atoms with Gasteiger partial charge in [0, 0.05) is 16.5 Å². The first-order valence-electron chi connectivity index (χ1n) is 8.23. The summed E-state index contributed by atoms with van der Waals surface area (Å²) in [6, 6.07) is 19.6. The Labute approximate surface area is 161 Å². The molecule has 2 amide bonds. The molecule has 6 heteroatoms. The van der Waals surface area contributed by atoms with Crippen LogP contribution in [0.5, 0.6) is 0 Å². The average molecular weight is 378 g/mol. The third-order valence-corrected chi connectivity index (χ3v) is 4.51. The average Bonchev–Trinajstić information content (AvgIpc) is 3.21. The number of nitrogens with one attached hydrogen (secondary N) is 2. The summed E-state index contributed by atoms with van der Waals surface area (Å²) in [4.78, 5) is 26.3. The van der Waals surface area contributed by atoms with Crippen LogP contribution in [-0.4, -0.2) is 18.1 Å². The minimum atomic E-state index is -0.433. The quantitative estimate of drug-likeness (QED) is 0.492. The molecule has 0 saturated heterocycles. The Kier molecular flexibility index (Phi) is 6.12. The summed E-state index contributed by atoms with van der Waals surface area (Å²) < 4.78 is 5.28. The minimum absolute atomic E-state index is 0.0923. The van der Waals surface area contributed by atoms with Crippen molar-refractivity contribution in [2.75, 3.05) is 11.6 Å². The topological polar surface area (TPSA) is 71.3 Å². The van der Waals surface area contributed by atoms with Crippen molar-refractivity contribution in [1.82, 2.24) is 5.32 Å².